The number of benzene rings is 2. The summed E-state index contributed by atoms with van der Waals surface area (Å²) in [6, 6.07) is 10.9. The van der Waals surface area contributed by atoms with Crippen molar-refractivity contribution in [2.45, 2.75) is 11.8 Å². The largest absolute Gasteiger partial charge is 0.495 e. The number of nitrogens with one attached hydrogen (secondary N) is 1. The van der Waals surface area contributed by atoms with Crippen molar-refractivity contribution >= 4 is 22.8 Å². The summed E-state index contributed by atoms with van der Waals surface area (Å²) in [6.45, 7) is 4.89. The summed E-state index contributed by atoms with van der Waals surface area (Å²) in [5.74, 6) is 0.685. The fraction of sp³-hybridized carbons (Fsp3) is 0.176. The van der Waals surface area contributed by atoms with Gasteiger partial charge in [-0.2, -0.15) is 13.5 Å². The van der Waals surface area contributed by atoms with Crippen LogP contribution in [0.4, 0.5) is 0 Å². The number of nitrogens with two attached hydrogens (primary N) is 1. The van der Waals surface area contributed by atoms with Gasteiger partial charge in [0.1, 0.15) is 22.1 Å². The molecule has 0 aliphatic rings. The van der Waals surface area contributed by atoms with Gasteiger partial charge in [0.05, 0.1) is 7.11 Å². The average Bonchev–Trinajstić information content (AvgIpc) is 2.67. The third-order valence-corrected chi connectivity index (χ3v) is 4.52. The molecule has 0 fully saturated rings. The van der Waals surface area contributed by atoms with Crippen LogP contribution in [0.25, 0.3) is 0 Å². The Bertz CT molecular complexity index is 1040. The second-order valence-electron chi connectivity index (χ2n) is 5.49. The number of para-hydroxylation sites is 1. The minimum Gasteiger partial charge on any atom is -0.495 e. The Morgan fingerprint density at radius 2 is 1.90 bits per heavy atom. The highest BCUT2D eigenvalue weighted by Crippen LogP contribution is 2.29. The van der Waals surface area contributed by atoms with E-state index in [1.54, 1.807) is 31.2 Å². The molecule has 2 rings (SSSR count). The lowest BCUT2D eigenvalue weighted by atomic mass is 10.2. The van der Waals surface area contributed by atoms with Crippen molar-refractivity contribution in [3.63, 3.8) is 0 Å². The van der Waals surface area contributed by atoms with Gasteiger partial charge in [-0.25, -0.2) is 10.4 Å². The van der Waals surface area contributed by atoms with E-state index in [-0.39, 0.29) is 29.1 Å². The molecule has 0 radical (unpaired) electrons. The predicted octanol–water partition coefficient (Wildman–Crippen LogP) is 1.28. The Hall–Kier alpha value is -4.07. The topological polar surface area (TPSA) is 188 Å². The number of methoxy groups -OCH3 is 1. The first kappa shape index (κ1) is 25.0. The summed E-state index contributed by atoms with van der Waals surface area (Å²) in [7, 11) is -2.70. The highest BCUT2D eigenvalue weighted by atomic mass is 32.2. The fourth-order valence-electron chi connectivity index (χ4n) is 2.14. The molecule has 0 amide bonds. The molecular formula is C17H21N5O8S. The maximum absolute atomic E-state index is 12.6. The van der Waals surface area contributed by atoms with Gasteiger partial charge in [-0.05, 0) is 36.8 Å². The molecule has 168 valence electrons. The highest BCUT2D eigenvalue weighted by molar-refractivity contribution is 7.87. The van der Waals surface area contributed by atoms with E-state index in [1.807, 2.05) is 0 Å². The molecule has 4 N–H and O–H groups in total. The van der Waals surface area contributed by atoms with Crippen LogP contribution in [-0.2, 0) is 10.1 Å². The summed E-state index contributed by atoms with van der Waals surface area (Å²) >= 11 is 0. The van der Waals surface area contributed by atoms with Crippen LogP contribution in [0.3, 0.4) is 0 Å². The first-order valence-corrected chi connectivity index (χ1v) is 9.66. The number of guanidine groups is 1. The second-order valence-corrected chi connectivity index (χ2v) is 7.01. The molecule has 14 heteroatoms. The van der Waals surface area contributed by atoms with E-state index in [1.165, 1.54) is 25.3 Å². The van der Waals surface area contributed by atoms with Crippen molar-refractivity contribution in [1.82, 2.24) is 5.43 Å². The Morgan fingerprint density at radius 3 is 2.52 bits per heavy atom. The quantitative estimate of drug-likeness (QED) is 0.172. The van der Waals surface area contributed by atoms with E-state index in [0.717, 1.165) is 5.56 Å². The molecule has 0 saturated carbocycles. The summed E-state index contributed by atoms with van der Waals surface area (Å²) in [6.07, 6.45) is 0. The van der Waals surface area contributed by atoms with Crippen molar-refractivity contribution in [1.29, 1.82) is 0 Å². The SMILES string of the molecule is C=NNC(N)=NCOc1cc(C)cc(OS(=O)(=O)c2ccccc2OC)c1.O=[N+]([O-])O. The third kappa shape index (κ3) is 8.86. The lowest BCUT2D eigenvalue weighted by Crippen LogP contribution is -2.27. The number of hydrogen-bond donors (Lipinski definition) is 3. The van der Waals surface area contributed by atoms with Crippen LogP contribution < -0.4 is 24.8 Å². The lowest BCUT2D eigenvalue weighted by molar-refractivity contribution is -0.742. The van der Waals surface area contributed by atoms with Crippen molar-refractivity contribution in [2.24, 2.45) is 15.8 Å². The van der Waals surface area contributed by atoms with Crippen LogP contribution in [0.2, 0.25) is 0 Å². The van der Waals surface area contributed by atoms with Crippen LogP contribution in [0.15, 0.2) is 57.5 Å². The normalized spacial score (nSPS) is 10.8. The fourth-order valence-corrected chi connectivity index (χ4v) is 3.22. The average molecular weight is 455 g/mol. The lowest BCUT2D eigenvalue weighted by Gasteiger charge is -2.12. The van der Waals surface area contributed by atoms with E-state index in [2.05, 4.69) is 22.2 Å². The molecule has 13 nitrogen and oxygen atoms in total. The van der Waals surface area contributed by atoms with Gasteiger partial charge in [-0.15, -0.1) is 10.1 Å². The number of nitrogens with zero attached hydrogens (tertiary/aromatic N) is 3. The zero-order chi connectivity index (χ0) is 23.4. The Morgan fingerprint density at radius 1 is 1.29 bits per heavy atom. The molecule has 0 aliphatic carbocycles. The Balaban J connectivity index is 0.00000110. The predicted molar refractivity (Wildman–Crippen MR) is 111 cm³/mol. The number of aryl methyl sites for hydroxylation is 1. The summed E-state index contributed by atoms with van der Waals surface area (Å²) in [4.78, 5) is 12.2. The molecule has 2 aromatic rings. The van der Waals surface area contributed by atoms with Crippen LogP contribution in [0.1, 0.15) is 5.56 Å². The first-order chi connectivity index (χ1) is 14.6. The number of hydrogen-bond acceptors (Lipinski definition) is 9. The molecule has 0 saturated heterocycles. The monoisotopic (exact) mass is 455 g/mol. The molecule has 0 aliphatic heterocycles. The number of ether oxygens (including phenoxy) is 2. The van der Waals surface area contributed by atoms with Crippen LogP contribution in [-0.4, -0.2) is 45.2 Å². The minimum absolute atomic E-state index is 0.0351. The van der Waals surface area contributed by atoms with Crippen molar-refractivity contribution in [3.8, 4) is 17.2 Å². The van der Waals surface area contributed by atoms with E-state index >= 15 is 0 Å². The van der Waals surface area contributed by atoms with Crippen LogP contribution >= 0.6 is 0 Å². The summed E-state index contributed by atoms with van der Waals surface area (Å²) in [5.41, 5.74) is 8.59. The molecule has 0 unspecified atom stereocenters. The molecule has 31 heavy (non-hydrogen) atoms. The molecule has 0 heterocycles. The molecule has 2 aromatic carbocycles. The minimum atomic E-state index is -4.09. The van der Waals surface area contributed by atoms with Crippen LogP contribution in [0, 0.1) is 17.0 Å². The van der Waals surface area contributed by atoms with E-state index in [0.29, 0.717) is 5.75 Å². The van der Waals surface area contributed by atoms with Gasteiger partial charge in [0.25, 0.3) is 5.09 Å². The Kier molecular flexibility index (Phi) is 9.52. The number of aliphatic imine (C=N–C) groups is 1. The third-order valence-electron chi connectivity index (χ3n) is 3.23. The maximum atomic E-state index is 12.6. The van der Waals surface area contributed by atoms with Gasteiger partial charge in [0, 0.05) is 12.8 Å². The van der Waals surface area contributed by atoms with Gasteiger partial charge in [0.15, 0.2) is 6.73 Å². The molecule has 0 bridgehead atoms. The van der Waals surface area contributed by atoms with Gasteiger partial charge in [0.2, 0.25) is 5.96 Å². The Labute approximate surface area is 178 Å². The zero-order valence-corrected chi connectivity index (χ0v) is 17.4. The smallest absolute Gasteiger partial charge is 0.342 e. The van der Waals surface area contributed by atoms with E-state index in [9.17, 15) is 8.42 Å². The van der Waals surface area contributed by atoms with Gasteiger partial charge < -0.3 is 24.6 Å². The molecule has 0 atom stereocenters. The molecule has 0 aromatic heterocycles. The van der Waals surface area contributed by atoms with E-state index < -0.39 is 15.2 Å². The highest BCUT2D eigenvalue weighted by Gasteiger charge is 2.21. The molecular weight excluding hydrogens is 434 g/mol. The van der Waals surface area contributed by atoms with Gasteiger partial charge in [-0.1, -0.05) is 12.1 Å². The van der Waals surface area contributed by atoms with Gasteiger partial charge >= 0.3 is 10.1 Å². The maximum Gasteiger partial charge on any atom is 0.342 e. The van der Waals surface area contributed by atoms with Crippen molar-refractivity contribution in [3.05, 3.63) is 58.1 Å². The zero-order valence-electron chi connectivity index (χ0n) is 16.6. The standard InChI is InChI=1S/C17H20N4O5S.HNO3/c1-12-8-13(25-11-20-17(18)21-19-2)10-14(9-12)26-27(22,23)16-7-5-4-6-15(16)24-3;2-1(3)4/h4-10H,2,11H2,1,3H3,(H3,18,20,21);(H,2,3,4). The van der Waals surface area contributed by atoms with Crippen LogP contribution in [0.5, 0.6) is 17.2 Å². The number of rotatable bonds is 8. The van der Waals surface area contributed by atoms with E-state index in [4.69, 9.17) is 34.7 Å². The van der Waals surface area contributed by atoms with Crippen molar-refractivity contribution in [2.75, 3.05) is 13.8 Å². The van der Waals surface area contributed by atoms with Crippen molar-refractivity contribution < 1.29 is 32.4 Å². The number of hydrazone groups is 1. The summed E-state index contributed by atoms with van der Waals surface area (Å²) < 4.78 is 40.9. The molecule has 0 spiro atoms. The first-order valence-electron chi connectivity index (χ1n) is 8.26. The van der Waals surface area contributed by atoms with Gasteiger partial charge in [-0.3, -0.25) is 0 Å². The second kappa shape index (κ2) is 11.8. The summed E-state index contributed by atoms with van der Waals surface area (Å²) in [5, 5.41) is 17.0.